The third kappa shape index (κ3) is 8.80. The van der Waals surface area contributed by atoms with E-state index >= 15 is 0 Å². The van der Waals surface area contributed by atoms with E-state index in [1.165, 1.54) is 11.1 Å². The fraction of sp³-hybridized carbons (Fsp3) is 0.270. The van der Waals surface area contributed by atoms with Crippen LogP contribution in [0, 0.1) is 0 Å². The highest BCUT2D eigenvalue weighted by molar-refractivity contribution is 5.94. The molecule has 2 atom stereocenters. The number of carbonyl (C=O) groups excluding carboxylic acids is 2. The zero-order valence-electron chi connectivity index (χ0n) is 25.5. The van der Waals surface area contributed by atoms with Crippen molar-refractivity contribution in [3.63, 3.8) is 0 Å². The van der Waals surface area contributed by atoms with Gasteiger partial charge in [0.05, 0.1) is 6.04 Å². The molecule has 0 saturated carbocycles. The van der Waals surface area contributed by atoms with Crippen molar-refractivity contribution in [3.8, 4) is 11.1 Å². The number of amides is 2. The van der Waals surface area contributed by atoms with Crippen LogP contribution in [0.25, 0.3) is 11.1 Å². The van der Waals surface area contributed by atoms with Gasteiger partial charge in [-0.25, -0.2) is 0 Å². The number of guanidine groups is 1. The van der Waals surface area contributed by atoms with Crippen LogP contribution in [0.2, 0.25) is 0 Å². The largest absolute Gasteiger partial charge is 0.370 e. The van der Waals surface area contributed by atoms with Gasteiger partial charge in [0.15, 0.2) is 5.96 Å². The predicted molar refractivity (Wildman–Crippen MR) is 181 cm³/mol. The molecule has 8 heteroatoms. The Morgan fingerprint density at radius 1 is 0.844 bits per heavy atom. The van der Waals surface area contributed by atoms with Crippen molar-refractivity contribution in [3.05, 3.63) is 132 Å². The molecule has 1 aliphatic heterocycles. The highest BCUT2D eigenvalue weighted by atomic mass is 16.2. The number of nitrogens with zero attached hydrogens (tertiary/aromatic N) is 2. The number of nitrogens with one attached hydrogen (secondary N) is 2. The van der Waals surface area contributed by atoms with Crippen LogP contribution in [0.15, 0.2) is 120 Å². The van der Waals surface area contributed by atoms with E-state index in [0.29, 0.717) is 51.0 Å². The molecule has 1 fully saturated rings. The minimum atomic E-state index is -0.416. The van der Waals surface area contributed by atoms with Gasteiger partial charge in [-0.1, -0.05) is 103 Å². The molecule has 0 spiro atoms. The quantitative estimate of drug-likeness (QED) is 0.108. The lowest BCUT2D eigenvalue weighted by Crippen LogP contribution is -2.49. The predicted octanol–water partition coefficient (Wildman–Crippen LogP) is 4.53. The topological polar surface area (TPSA) is 126 Å². The maximum Gasteiger partial charge on any atom is 0.251 e. The van der Waals surface area contributed by atoms with Crippen LogP contribution in [0.4, 0.5) is 0 Å². The first kappa shape index (κ1) is 31.5. The molecule has 0 unspecified atom stereocenters. The van der Waals surface area contributed by atoms with Crippen LogP contribution in [-0.2, 0) is 4.79 Å². The van der Waals surface area contributed by atoms with E-state index in [0.717, 1.165) is 11.1 Å². The van der Waals surface area contributed by atoms with E-state index in [1.54, 1.807) is 0 Å². The molecule has 0 aromatic heterocycles. The number of hydrogen-bond acceptors (Lipinski definition) is 4. The molecule has 0 bridgehead atoms. The van der Waals surface area contributed by atoms with Crippen LogP contribution in [0.5, 0.6) is 0 Å². The number of aliphatic imine (C=N–C) groups is 1. The molecular formula is C37H42N6O2. The summed E-state index contributed by atoms with van der Waals surface area (Å²) in [6.07, 6.45) is 1.95. The van der Waals surface area contributed by atoms with E-state index in [1.807, 2.05) is 95.9 Å². The molecule has 1 heterocycles. The Labute approximate surface area is 265 Å². The Kier molecular flexibility index (Phi) is 11.0. The van der Waals surface area contributed by atoms with E-state index in [2.05, 4.69) is 39.9 Å². The number of rotatable bonds is 12. The van der Waals surface area contributed by atoms with E-state index < -0.39 is 6.04 Å². The van der Waals surface area contributed by atoms with Gasteiger partial charge in [-0.15, -0.1) is 0 Å². The molecule has 4 aromatic carbocycles. The van der Waals surface area contributed by atoms with Gasteiger partial charge in [0.25, 0.3) is 5.91 Å². The molecule has 1 saturated heterocycles. The maximum absolute atomic E-state index is 14.0. The van der Waals surface area contributed by atoms with Crippen LogP contribution >= 0.6 is 0 Å². The Hall–Kier alpha value is -4.95. The van der Waals surface area contributed by atoms with Gasteiger partial charge in [-0.2, -0.15) is 0 Å². The lowest BCUT2D eigenvalue weighted by atomic mass is 9.90. The van der Waals surface area contributed by atoms with Gasteiger partial charge in [0.1, 0.15) is 0 Å². The van der Waals surface area contributed by atoms with Crippen molar-refractivity contribution in [2.45, 2.75) is 37.3 Å². The molecule has 0 aliphatic carbocycles. The van der Waals surface area contributed by atoms with Gasteiger partial charge in [0.2, 0.25) is 5.91 Å². The molecule has 1 aliphatic rings. The molecule has 0 radical (unpaired) electrons. The molecule has 5 rings (SSSR count). The average molecular weight is 603 g/mol. The first-order chi connectivity index (χ1) is 22.0. The number of hydrogen-bond donors (Lipinski definition) is 4. The highest BCUT2D eigenvalue weighted by Crippen LogP contribution is 2.27. The number of carbonyl (C=O) groups is 2. The molecule has 45 heavy (non-hydrogen) atoms. The molecule has 8 nitrogen and oxygen atoms in total. The lowest BCUT2D eigenvalue weighted by Gasteiger charge is -2.29. The van der Waals surface area contributed by atoms with Gasteiger partial charge in [0, 0.05) is 43.7 Å². The lowest BCUT2D eigenvalue weighted by molar-refractivity contribution is -0.133. The first-order valence-corrected chi connectivity index (χ1v) is 15.6. The van der Waals surface area contributed by atoms with E-state index in [4.69, 9.17) is 11.5 Å². The fourth-order valence-electron chi connectivity index (χ4n) is 5.89. The van der Waals surface area contributed by atoms with Crippen molar-refractivity contribution in [1.82, 2.24) is 15.5 Å². The SMILES string of the molecule is NC(N)=NCCC[C@H]1N[C@H](CNC(=O)c2ccc(-c3ccccc3)cc2)CCN(CC(c2ccccc2)c2ccccc2)C1=O. The smallest absolute Gasteiger partial charge is 0.251 e. The van der Waals surface area contributed by atoms with Crippen molar-refractivity contribution in [2.75, 3.05) is 26.2 Å². The van der Waals surface area contributed by atoms with Crippen LogP contribution < -0.4 is 22.1 Å². The molecule has 2 amide bonds. The summed E-state index contributed by atoms with van der Waals surface area (Å²) in [5, 5.41) is 6.65. The highest BCUT2D eigenvalue weighted by Gasteiger charge is 2.32. The molecule has 4 aromatic rings. The zero-order chi connectivity index (χ0) is 31.4. The summed E-state index contributed by atoms with van der Waals surface area (Å²) >= 11 is 0. The maximum atomic E-state index is 14.0. The van der Waals surface area contributed by atoms with Crippen molar-refractivity contribution in [1.29, 1.82) is 0 Å². The molecular weight excluding hydrogens is 560 g/mol. The zero-order valence-corrected chi connectivity index (χ0v) is 25.5. The van der Waals surface area contributed by atoms with E-state index in [9.17, 15) is 9.59 Å². The second-order valence-electron chi connectivity index (χ2n) is 11.5. The van der Waals surface area contributed by atoms with Crippen LogP contribution in [0.1, 0.15) is 46.7 Å². The summed E-state index contributed by atoms with van der Waals surface area (Å²) in [6.45, 7) is 2.00. The van der Waals surface area contributed by atoms with Gasteiger partial charge >= 0.3 is 0 Å². The van der Waals surface area contributed by atoms with Gasteiger partial charge in [-0.3, -0.25) is 14.6 Å². The number of benzene rings is 4. The molecule has 232 valence electrons. The Morgan fingerprint density at radius 3 is 2.02 bits per heavy atom. The van der Waals surface area contributed by atoms with Crippen molar-refractivity contribution in [2.24, 2.45) is 16.5 Å². The third-order valence-corrected chi connectivity index (χ3v) is 8.31. The first-order valence-electron chi connectivity index (χ1n) is 15.6. The summed E-state index contributed by atoms with van der Waals surface area (Å²) in [6, 6.07) is 37.9. The van der Waals surface area contributed by atoms with Crippen molar-refractivity contribution < 1.29 is 9.59 Å². The third-order valence-electron chi connectivity index (χ3n) is 8.31. The van der Waals surface area contributed by atoms with Gasteiger partial charge in [-0.05, 0) is 53.6 Å². The van der Waals surface area contributed by atoms with Crippen LogP contribution in [-0.4, -0.2) is 60.9 Å². The van der Waals surface area contributed by atoms with Crippen molar-refractivity contribution >= 4 is 17.8 Å². The number of nitrogens with two attached hydrogens (primary N) is 2. The van der Waals surface area contributed by atoms with Gasteiger partial charge < -0.3 is 27.0 Å². The molecule has 6 N–H and O–H groups in total. The summed E-state index contributed by atoms with van der Waals surface area (Å²) in [5.74, 6) is -0.000241. The van der Waals surface area contributed by atoms with E-state index in [-0.39, 0.29) is 29.7 Å². The minimum absolute atomic E-state index is 0.0359. The summed E-state index contributed by atoms with van der Waals surface area (Å²) in [5.41, 5.74) is 16.1. The Morgan fingerprint density at radius 2 is 1.42 bits per heavy atom. The van der Waals surface area contributed by atoms with Crippen LogP contribution in [0.3, 0.4) is 0 Å². The normalized spacial score (nSPS) is 16.6. The standard InChI is InChI=1S/C37H42N6O2/c38-37(39)40-23-10-17-34-36(45)43(26-33(29-13-6-2-7-14-29)30-15-8-3-9-16-30)24-22-32(42-34)25-41-35(44)31-20-18-28(19-21-31)27-11-4-1-5-12-27/h1-9,11-16,18-21,32-34,42H,10,17,22-26H2,(H,41,44)(H4,38,39,40)/t32-,34+/m0/s1. The minimum Gasteiger partial charge on any atom is -0.370 e. The second kappa shape index (κ2) is 15.7. The summed E-state index contributed by atoms with van der Waals surface area (Å²) < 4.78 is 0. The Balaban J connectivity index is 1.28. The summed E-state index contributed by atoms with van der Waals surface area (Å²) in [7, 11) is 0. The fourth-order valence-corrected chi connectivity index (χ4v) is 5.89. The monoisotopic (exact) mass is 602 g/mol. The average Bonchev–Trinajstić information content (AvgIpc) is 3.23. The Bertz CT molecular complexity index is 1500. The summed E-state index contributed by atoms with van der Waals surface area (Å²) in [4.78, 5) is 33.2. The second-order valence-corrected chi connectivity index (χ2v) is 11.5.